The van der Waals surface area contributed by atoms with Crippen LogP contribution in [0.1, 0.15) is 27.1 Å². The molecule has 0 amide bonds. The molecule has 0 unspecified atom stereocenters. The quantitative estimate of drug-likeness (QED) is 0.473. The van der Waals surface area contributed by atoms with Gasteiger partial charge >= 0.3 is 11.9 Å². The molecule has 0 heterocycles. The number of anilines is 2. The summed E-state index contributed by atoms with van der Waals surface area (Å²) in [6.45, 7) is 0.360. The zero-order valence-electron chi connectivity index (χ0n) is 14.4. The highest BCUT2D eigenvalue weighted by molar-refractivity contribution is 5.90. The average molecular weight is 342 g/mol. The van der Waals surface area contributed by atoms with Crippen LogP contribution in [0.5, 0.6) is 0 Å². The van der Waals surface area contributed by atoms with Crippen molar-refractivity contribution in [1.29, 1.82) is 0 Å². The lowest BCUT2D eigenvalue weighted by atomic mass is 10.2. The standard InChI is InChI=1S/C19H22N2O4/c1-21(2)17-10-6-15(7-11-17)19(23)25-13-3-12-24-18(22)14-4-8-16(20)9-5-14/h4-11H,3,12-13,20H2,1-2H3. The molecule has 0 aliphatic heterocycles. The van der Waals surface area contributed by atoms with E-state index in [1.54, 1.807) is 36.4 Å². The summed E-state index contributed by atoms with van der Waals surface area (Å²) in [5.74, 6) is -0.819. The van der Waals surface area contributed by atoms with Crippen LogP contribution in [0.4, 0.5) is 11.4 Å². The van der Waals surface area contributed by atoms with Crippen LogP contribution < -0.4 is 10.6 Å². The first kappa shape index (κ1) is 18.3. The number of hydrogen-bond acceptors (Lipinski definition) is 6. The smallest absolute Gasteiger partial charge is 0.338 e. The molecule has 6 nitrogen and oxygen atoms in total. The van der Waals surface area contributed by atoms with Crippen molar-refractivity contribution < 1.29 is 19.1 Å². The van der Waals surface area contributed by atoms with E-state index < -0.39 is 11.9 Å². The number of ether oxygens (including phenoxy) is 2. The largest absolute Gasteiger partial charge is 0.462 e. The predicted octanol–water partition coefficient (Wildman–Crippen LogP) is 2.74. The van der Waals surface area contributed by atoms with Gasteiger partial charge in [0, 0.05) is 31.9 Å². The van der Waals surface area contributed by atoms with Gasteiger partial charge in [-0.2, -0.15) is 0 Å². The first-order valence-electron chi connectivity index (χ1n) is 7.94. The Morgan fingerprint density at radius 2 is 1.28 bits per heavy atom. The maximum atomic E-state index is 11.9. The van der Waals surface area contributed by atoms with Crippen molar-refractivity contribution in [1.82, 2.24) is 0 Å². The zero-order valence-corrected chi connectivity index (χ0v) is 14.4. The van der Waals surface area contributed by atoms with Crippen molar-refractivity contribution in [2.45, 2.75) is 6.42 Å². The third-order valence-corrected chi connectivity index (χ3v) is 3.52. The molecule has 0 radical (unpaired) electrons. The van der Waals surface area contributed by atoms with E-state index in [9.17, 15) is 9.59 Å². The predicted molar refractivity (Wildman–Crippen MR) is 96.8 cm³/mol. The summed E-state index contributed by atoms with van der Waals surface area (Å²) in [7, 11) is 3.86. The van der Waals surface area contributed by atoms with E-state index in [-0.39, 0.29) is 13.2 Å². The molecule has 0 aliphatic carbocycles. The summed E-state index contributed by atoms with van der Waals surface area (Å²) < 4.78 is 10.3. The van der Waals surface area contributed by atoms with Crippen LogP contribution in [0, 0.1) is 0 Å². The normalized spacial score (nSPS) is 10.2. The summed E-state index contributed by atoms with van der Waals surface area (Å²) in [4.78, 5) is 25.7. The van der Waals surface area contributed by atoms with Crippen LogP contribution in [-0.2, 0) is 9.47 Å². The number of carbonyl (C=O) groups is 2. The van der Waals surface area contributed by atoms with Crippen LogP contribution >= 0.6 is 0 Å². The van der Waals surface area contributed by atoms with Crippen LogP contribution in [0.2, 0.25) is 0 Å². The maximum absolute atomic E-state index is 11.9. The molecule has 2 aromatic rings. The number of hydrogen-bond donors (Lipinski definition) is 1. The Morgan fingerprint density at radius 1 is 0.840 bits per heavy atom. The highest BCUT2D eigenvalue weighted by atomic mass is 16.5. The van der Waals surface area contributed by atoms with Crippen molar-refractivity contribution in [3.63, 3.8) is 0 Å². The fourth-order valence-corrected chi connectivity index (χ4v) is 2.07. The summed E-state index contributed by atoms with van der Waals surface area (Å²) in [6.07, 6.45) is 0.433. The van der Waals surface area contributed by atoms with Gasteiger partial charge < -0.3 is 20.1 Å². The van der Waals surface area contributed by atoms with Gasteiger partial charge in [0.1, 0.15) is 0 Å². The van der Waals surface area contributed by atoms with E-state index in [0.29, 0.717) is 23.2 Å². The van der Waals surface area contributed by atoms with E-state index in [4.69, 9.17) is 15.2 Å². The van der Waals surface area contributed by atoms with Crippen LogP contribution in [0.15, 0.2) is 48.5 Å². The molecular formula is C19H22N2O4. The third-order valence-electron chi connectivity index (χ3n) is 3.52. The number of benzene rings is 2. The third kappa shape index (κ3) is 5.53. The Hall–Kier alpha value is -3.02. The van der Waals surface area contributed by atoms with E-state index in [1.165, 1.54) is 0 Å². The molecule has 0 bridgehead atoms. The second-order valence-corrected chi connectivity index (χ2v) is 5.69. The molecule has 0 aliphatic rings. The van der Waals surface area contributed by atoms with Crippen LogP contribution in [0.3, 0.4) is 0 Å². The molecule has 2 rings (SSSR count). The topological polar surface area (TPSA) is 81.9 Å². The molecule has 0 atom stereocenters. The minimum atomic E-state index is -0.425. The highest BCUT2D eigenvalue weighted by Crippen LogP contribution is 2.13. The minimum absolute atomic E-state index is 0.177. The average Bonchev–Trinajstić information content (AvgIpc) is 2.61. The van der Waals surface area contributed by atoms with Gasteiger partial charge in [-0.3, -0.25) is 0 Å². The lowest BCUT2D eigenvalue weighted by Crippen LogP contribution is -2.12. The number of nitrogens with two attached hydrogens (primary N) is 1. The highest BCUT2D eigenvalue weighted by Gasteiger charge is 2.09. The van der Waals surface area contributed by atoms with Crippen molar-refractivity contribution in [3.05, 3.63) is 59.7 Å². The Kier molecular flexibility index (Phi) is 6.39. The second kappa shape index (κ2) is 8.73. The number of nitrogens with zero attached hydrogens (tertiary/aromatic N) is 1. The Labute approximate surface area is 147 Å². The number of esters is 2. The fourth-order valence-electron chi connectivity index (χ4n) is 2.07. The molecule has 2 N–H and O–H groups in total. The van der Waals surface area contributed by atoms with Gasteiger partial charge in [0.15, 0.2) is 0 Å². The minimum Gasteiger partial charge on any atom is -0.462 e. The molecule has 0 spiro atoms. The van der Waals surface area contributed by atoms with E-state index in [1.807, 2.05) is 31.1 Å². The molecule has 6 heteroatoms. The van der Waals surface area contributed by atoms with Crippen molar-refractivity contribution in [2.24, 2.45) is 0 Å². The number of rotatable bonds is 7. The van der Waals surface area contributed by atoms with Gasteiger partial charge in [-0.1, -0.05) is 0 Å². The lowest BCUT2D eigenvalue weighted by Gasteiger charge is -2.12. The number of nitrogen functional groups attached to an aromatic ring is 1. The van der Waals surface area contributed by atoms with Crippen LogP contribution in [0.25, 0.3) is 0 Å². The molecule has 0 fully saturated rings. The maximum Gasteiger partial charge on any atom is 0.338 e. The van der Waals surface area contributed by atoms with Crippen molar-refractivity contribution in [2.75, 3.05) is 37.9 Å². The van der Waals surface area contributed by atoms with Gasteiger partial charge in [-0.15, -0.1) is 0 Å². The summed E-state index contributed by atoms with van der Waals surface area (Å²) in [5.41, 5.74) is 8.08. The first-order valence-corrected chi connectivity index (χ1v) is 7.94. The van der Waals surface area contributed by atoms with Gasteiger partial charge in [-0.05, 0) is 48.5 Å². The fraction of sp³-hybridized carbons (Fsp3) is 0.263. The van der Waals surface area contributed by atoms with Crippen molar-refractivity contribution >= 4 is 23.3 Å². The van der Waals surface area contributed by atoms with E-state index in [0.717, 1.165) is 5.69 Å². The lowest BCUT2D eigenvalue weighted by molar-refractivity contribution is 0.0396. The Balaban J connectivity index is 1.69. The van der Waals surface area contributed by atoms with Gasteiger partial charge in [-0.25, -0.2) is 9.59 Å². The van der Waals surface area contributed by atoms with E-state index in [2.05, 4.69) is 0 Å². The van der Waals surface area contributed by atoms with Crippen molar-refractivity contribution in [3.8, 4) is 0 Å². The molecule has 25 heavy (non-hydrogen) atoms. The summed E-state index contributed by atoms with van der Waals surface area (Å²) in [5, 5.41) is 0. The molecule has 0 aromatic heterocycles. The summed E-state index contributed by atoms with van der Waals surface area (Å²) >= 11 is 0. The van der Waals surface area contributed by atoms with Gasteiger partial charge in [0.2, 0.25) is 0 Å². The molecular weight excluding hydrogens is 320 g/mol. The molecule has 2 aromatic carbocycles. The molecule has 0 saturated heterocycles. The first-order chi connectivity index (χ1) is 12.0. The van der Waals surface area contributed by atoms with Crippen LogP contribution in [-0.4, -0.2) is 39.2 Å². The SMILES string of the molecule is CN(C)c1ccc(C(=O)OCCCOC(=O)c2ccc(N)cc2)cc1. The zero-order chi connectivity index (χ0) is 18.2. The van der Waals surface area contributed by atoms with Gasteiger partial charge in [0.25, 0.3) is 0 Å². The Morgan fingerprint density at radius 3 is 1.72 bits per heavy atom. The summed E-state index contributed by atoms with van der Waals surface area (Å²) in [6, 6.07) is 13.6. The van der Waals surface area contributed by atoms with E-state index >= 15 is 0 Å². The monoisotopic (exact) mass is 342 g/mol. The Bertz CT molecular complexity index is 709. The molecule has 0 saturated carbocycles. The van der Waals surface area contributed by atoms with Gasteiger partial charge in [0.05, 0.1) is 24.3 Å². The number of carbonyl (C=O) groups excluding carboxylic acids is 2. The molecule has 132 valence electrons. The second-order valence-electron chi connectivity index (χ2n) is 5.69.